The molecule has 0 bridgehead atoms. The van der Waals surface area contributed by atoms with Crippen LogP contribution in [0, 0.1) is 0 Å². The van der Waals surface area contributed by atoms with Gasteiger partial charge in [0.15, 0.2) is 0 Å². The van der Waals surface area contributed by atoms with Gasteiger partial charge in [-0.2, -0.15) is 8.78 Å². The maximum Gasteiger partial charge on any atom is 0.370 e. The Labute approximate surface area is 66.2 Å². The molecule has 0 aliphatic rings. The zero-order chi connectivity index (χ0) is 10.5. The fraction of sp³-hybridized carbons (Fsp3) is 1.00. The van der Waals surface area contributed by atoms with Crippen molar-refractivity contribution in [2.24, 2.45) is 0 Å². The second-order valence-corrected chi connectivity index (χ2v) is 4.86. The van der Waals surface area contributed by atoms with E-state index in [4.69, 9.17) is 0 Å². The lowest BCUT2D eigenvalue weighted by atomic mass is 10.8. The molecule has 0 saturated carbocycles. The van der Waals surface area contributed by atoms with E-state index >= 15 is 0 Å². The molecule has 1 unspecified atom stereocenters. The molecule has 0 aliphatic carbocycles. The van der Waals surface area contributed by atoms with Crippen LogP contribution in [0.1, 0.15) is 0 Å². The maximum atomic E-state index is 11.5. The van der Waals surface area contributed by atoms with E-state index in [0.717, 1.165) is 0 Å². The highest BCUT2D eigenvalue weighted by atomic mass is 35.5. The predicted molar refractivity (Wildman–Crippen MR) is 28.8 cm³/mol. The van der Waals surface area contributed by atoms with E-state index in [9.17, 15) is 32.6 Å². The van der Waals surface area contributed by atoms with Crippen LogP contribution in [0.15, 0.2) is 0 Å². The number of rotatable bonds is 2. The van der Waals surface area contributed by atoms with Crippen LogP contribution in [0.3, 0.4) is 0 Å². The van der Waals surface area contributed by atoms with Gasteiger partial charge in [0.05, 0.1) is 0 Å². The van der Waals surface area contributed by atoms with Crippen molar-refractivity contribution in [3.63, 3.8) is 0 Å². The summed E-state index contributed by atoms with van der Waals surface area (Å²) in [6.07, 6.45) is 0. The van der Waals surface area contributed by atoms with E-state index in [1.54, 1.807) is 0 Å². The molecule has 0 amide bonds. The molecule has 0 nitrogen and oxygen atoms in total. The summed E-state index contributed by atoms with van der Waals surface area (Å²) in [6.45, 7) is 0. The van der Waals surface area contributed by atoms with Gasteiger partial charge in [-0.15, -0.1) is 0 Å². The van der Waals surface area contributed by atoms with E-state index in [0.29, 0.717) is 0 Å². The van der Waals surface area contributed by atoms with Gasteiger partial charge in [0.1, 0.15) is 0 Å². The minimum Gasteiger partial charge on any atom is -0.217 e. The first-order valence-electron chi connectivity index (χ1n) is 2.08. The smallest absolute Gasteiger partial charge is 0.217 e. The Hall–Kier alpha value is 0.0800. The van der Waals surface area contributed by atoms with Crippen molar-refractivity contribution in [2.45, 2.75) is 10.9 Å². The van der Waals surface area contributed by atoms with Gasteiger partial charge in [0.2, 0.25) is 0 Å². The second-order valence-electron chi connectivity index (χ2n) is 1.89. The van der Waals surface area contributed by atoms with E-state index < -0.39 is 21.1 Å². The van der Waals surface area contributed by atoms with Gasteiger partial charge >= 0.3 is 21.1 Å². The number of hydrogen-bond donors (Lipinski definition) is 0. The van der Waals surface area contributed by atoms with Gasteiger partial charge in [-0.3, -0.25) is 0 Å². The van der Waals surface area contributed by atoms with Crippen LogP contribution >= 0.6 is 21.8 Å². The fourth-order valence-corrected chi connectivity index (χ4v) is 1.26. The third kappa shape index (κ3) is 3.21. The molecule has 0 aromatic carbocycles. The molecule has 0 N–H and O–H groups in total. The van der Waals surface area contributed by atoms with Crippen molar-refractivity contribution < 1.29 is 32.6 Å². The molecule has 0 fully saturated rings. The highest BCUT2D eigenvalue weighted by Crippen LogP contribution is 3.01. The van der Waals surface area contributed by atoms with Crippen molar-refractivity contribution in [1.82, 2.24) is 0 Å². The Kier molecular flexibility index (Phi) is 1.95. The topological polar surface area (TPSA) is 0 Å². The molecule has 0 rings (SSSR count). The molecule has 0 radical (unpaired) electrons. The van der Waals surface area contributed by atoms with E-state index in [1.807, 2.05) is 0 Å². The van der Waals surface area contributed by atoms with Gasteiger partial charge < -0.3 is 0 Å². The minimum atomic E-state index is -10.8. The van der Waals surface area contributed by atoms with Crippen LogP contribution in [0.25, 0.3) is 0 Å². The lowest BCUT2D eigenvalue weighted by molar-refractivity contribution is 0.0255. The fourth-order valence-electron chi connectivity index (χ4n) is 0.253. The first-order chi connectivity index (χ1) is 4.64. The highest BCUT2D eigenvalue weighted by molar-refractivity contribution is 8.46. The SMILES string of the molecule is FC(C(F)(F)Cl)S(F)(F)(F)(F)F. The summed E-state index contributed by atoms with van der Waals surface area (Å²) >= 11 is 3.47. The predicted octanol–water partition coefficient (Wildman–Crippen LogP) is 4.41. The van der Waals surface area contributed by atoms with Gasteiger partial charge in [-0.05, 0) is 11.6 Å². The average molecular weight is 245 g/mol. The maximum absolute atomic E-state index is 11.5. The summed E-state index contributed by atoms with van der Waals surface area (Å²) in [5.74, 6) is 0. The summed E-state index contributed by atoms with van der Waals surface area (Å²) < 4.78 is 90.0. The van der Waals surface area contributed by atoms with Crippen molar-refractivity contribution in [3.05, 3.63) is 0 Å². The Morgan fingerprint density at radius 3 is 1.25 bits per heavy atom. The Morgan fingerprint density at radius 1 is 1.00 bits per heavy atom. The molecule has 0 spiro atoms. The van der Waals surface area contributed by atoms with Crippen LogP contribution in [0.5, 0.6) is 0 Å². The van der Waals surface area contributed by atoms with Crippen LogP contribution in [0.2, 0.25) is 0 Å². The molecule has 12 heavy (non-hydrogen) atoms. The van der Waals surface area contributed by atoms with Crippen LogP contribution in [-0.4, -0.2) is 10.9 Å². The third-order valence-electron chi connectivity index (χ3n) is 0.648. The Morgan fingerprint density at radius 2 is 1.25 bits per heavy atom. The van der Waals surface area contributed by atoms with Crippen LogP contribution < -0.4 is 0 Å². The molecule has 0 saturated heterocycles. The normalized spacial score (nSPS) is 22.8. The number of hydrogen-bond acceptors (Lipinski definition) is 0. The summed E-state index contributed by atoms with van der Waals surface area (Å²) in [6, 6.07) is 0. The van der Waals surface area contributed by atoms with Gasteiger partial charge in [-0.1, -0.05) is 19.4 Å². The average Bonchev–Trinajstić information content (AvgIpc) is 1.54. The van der Waals surface area contributed by atoms with Gasteiger partial charge in [0.25, 0.3) is 0 Å². The van der Waals surface area contributed by atoms with E-state index in [-0.39, 0.29) is 0 Å². The lowest BCUT2D eigenvalue weighted by Gasteiger charge is -2.43. The molecule has 10 heteroatoms. The zero-order valence-corrected chi connectivity index (χ0v) is 6.46. The van der Waals surface area contributed by atoms with Crippen LogP contribution in [-0.2, 0) is 0 Å². The second kappa shape index (κ2) is 1.94. The number of halogens is 9. The van der Waals surface area contributed by atoms with Crippen molar-refractivity contribution >= 4 is 21.8 Å². The van der Waals surface area contributed by atoms with Crippen LogP contribution in [0.4, 0.5) is 32.6 Å². The first kappa shape index (κ1) is 12.1. The molecule has 0 aromatic heterocycles. The molecule has 0 aromatic rings. The third-order valence-corrected chi connectivity index (χ3v) is 2.05. The van der Waals surface area contributed by atoms with Crippen molar-refractivity contribution in [2.75, 3.05) is 0 Å². The van der Waals surface area contributed by atoms with E-state index in [1.165, 1.54) is 0 Å². The Bertz CT molecular complexity index is 183. The molecule has 0 heterocycles. The largest absolute Gasteiger partial charge is 0.370 e. The first-order valence-corrected chi connectivity index (χ1v) is 4.47. The zero-order valence-electron chi connectivity index (χ0n) is 4.89. The summed E-state index contributed by atoms with van der Waals surface area (Å²) in [5.41, 5.74) is -5.63. The summed E-state index contributed by atoms with van der Waals surface area (Å²) in [7, 11) is -10.8. The summed E-state index contributed by atoms with van der Waals surface area (Å²) in [4.78, 5) is 0. The van der Waals surface area contributed by atoms with E-state index in [2.05, 4.69) is 11.6 Å². The van der Waals surface area contributed by atoms with Crippen molar-refractivity contribution in [3.8, 4) is 0 Å². The molecule has 1 atom stereocenters. The lowest BCUT2D eigenvalue weighted by Crippen LogP contribution is -2.34. The molecular formula is C2HClF8S. The monoisotopic (exact) mass is 244 g/mol. The molecular weight excluding hydrogens is 244 g/mol. The summed E-state index contributed by atoms with van der Waals surface area (Å²) in [5, 5.41) is -5.65. The van der Waals surface area contributed by atoms with Crippen molar-refractivity contribution in [1.29, 1.82) is 0 Å². The van der Waals surface area contributed by atoms with Gasteiger partial charge in [-0.25, -0.2) is 4.39 Å². The Balaban J connectivity index is 5.11. The highest BCUT2D eigenvalue weighted by Gasteiger charge is 2.78. The quantitative estimate of drug-likeness (QED) is 0.498. The molecule has 78 valence electrons. The standard InChI is InChI=1S/C2HClF8S/c3-2(5,6)1(4)12(7,8,9,10)11/h1H. The van der Waals surface area contributed by atoms with Gasteiger partial charge in [0, 0.05) is 0 Å². The minimum absolute atomic E-state index is 3.47. The molecule has 0 aliphatic heterocycles. The number of alkyl halides is 4.